The molecular formula is C14H26N2O3. The van der Waals surface area contributed by atoms with E-state index in [1.165, 1.54) is 0 Å². The molecule has 1 aliphatic carbocycles. The van der Waals surface area contributed by atoms with E-state index in [0.717, 1.165) is 32.1 Å². The fourth-order valence-electron chi connectivity index (χ4n) is 2.64. The highest BCUT2D eigenvalue weighted by molar-refractivity contribution is 5.85. The molecule has 0 radical (unpaired) electrons. The number of hydrogen-bond acceptors (Lipinski definition) is 3. The summed E-state index contributed by atoms with van der Waals surface area (Å²) in [4.78, 5) is 23.1. The highest BCUT2D eigenvalue weighted by atomic mass is 16.4. The first-order valence-corrected chi connectivity index (χ1v) is 7.00. The zero-order chi connectivity index (χ0) is 14.5. The topological polar surface area (TPSA) is 78.4 Å². The van der Waals surface area contributed by atoms with Crippen molar-refractivity contribution in [3.8, 4) is 0 Å². The van der Waals surface area contributed by atoms with Crippen LogP contribution in [0.2, 0.25) is 0 Å². The average molecular weight is 270 g/mol. The summed E-state index contributed by atoms with van der Waals surface area (Å²) in [7, 11) is 1.74. The molecule has 1 saturated carbocycles. The molecule has 19 heavy (non-hydrogen) atoms. The standard InChI is InChI=1S/C14H26N2O3/c1-13(2,15-3)12(19)16-10-14(9-11(17)18)7-5-4-6-8-14/h15H,4-10H2,1-3H3,(H,16,19)(H,17,18). The van der Waals surface area contributed by atoms with Gasteiger partial charge in [0, 0.05) is 6.54 Å². The molecule has 0 aromatic heterocycles. The molecule has 1 fully saturated rings. The SMILES string of the molecule is CNC(C)(C)C(=O)NCC1(CC(=O)O)CCCCC1. The Hall–Kier alpha value is -1.10. The van der Waals surface area contributed by atoms with Gasteiger partial charge in [0.05, 0.1) is 12.0 Å². The number of hydrogen-bond donors (Lipinski definition) is 3. The van der Waals surface area contributed by atoms with Crippen LogP contribution in [0.4, 0.5) is 0 Å². The van der Waals surface area contributed by atoms with Crippen molar-refractivity contribution in [3.63, 3.8) is 0 Å². The summed E-state index contributed by atoms with van der Waals surface area (Å²) in [6.45, 7) is 4.09. The van der Waals surface area contributed by atoms with Gasteiger partial charge in [-0.1, -0.05) is 19.3 Å². The first kappa shape index (κ1) is 16.0. The first-order chi connectivity index (χ1) is 8.81. The second-order valence-electron chi connectivity index (χ2n) is 6.19. The highest BCUT2D eigenvalue weighted by Crippen LogP contribution is 2.38. The highest BCUT2D eigenvalue weighted by Gasteiger charge is 2.36. The molecule has 1 rings (SSSR count). The lowest BCUT2D eigenvalue weighted by atomic mass is 9.71. The number of nitrogens with one attached hydrogen (secondary N) is 2. The lowest BCUT2D eigenvalue weighted by Gasteiger charge is -2.37. The number of carboxylic acids is 1. The molecule has 0 spiro atoms. The molecule has 0 aromatic rings. The Morgan fingerprint density at radius 1 is 1.21 bits per heavy atom. The molecule has 5 heteroatoms. The number of carboxylic acid groups (broad SMARTS) is 1. The van der Waals surface area contributed by atoms with Gasteiger partial charge in [-0.25, -0.2) is 0 Å². The van der Waals surface area contributed by atoms with Gasteiger partial charge in [0.15, 0.2) is 0 Å². The van der Waals surface area contributed by atoms with Gasteiger partial charge in [-0.3, -0.25) is 9.59 Å². The first-order valence-electron chi connectivity index (χ1n) is 7.00. The molecule has 0 atom stereocenters. The summed E-state index contributed by atoms with van der Waals surface area (Å²) in [5, 5.41) is 15.0. The molecule has 0 aromatic carbocycles. The van der Waals surface area contributed by atoms with Crippen LogP contribution in [0, 0.1) is 5.41 Å². The predicted octanol–water partition coefficient (Wildman–Crippen LogP) is 1.53. The van der Waals surface area contributed by atoms with Crippen molar-refractivity contribution in [3.05, 3.63) is 0 Å². The molecule has 110 valence electrons. The van der Waals surface area contributed by atoms with Crippen molar-refractivity contribution in [2.75, 3.05) is 13.6 Å². The van der Waals surface area contributed by atoms with Crippen LogP contribution in [0.1, 0.15) is 52.4 Å². The third kappa shape index (κ3) is 4.49. The van der Waals surface area contributed by atoms with Crippen LogP contribution >= 0.6 is 0 Å². The Labute approximate surface area is 115 Å². The fraction of sp³-hybridized carbons (Fsp3) is 0.857. The molecule has 5 nitrogen and oxygen atoms in total. The molecule has 1 amide bonds. The Morgan fingerprint density at radius 2 is 1.79 bits per heavy atom. The maximum Gasteiger partial charge on any atom is 0.303 e. The quantitative estimate of drug-likeness (QED) is 0.684. The van der Waals surface area contributed by atoms with Crippen LogP contribution in [0.5, 0.6) is 0 Å². The molecule has 0 bridgehead atoms. The van der Waals surface area contributed by atoms with E-state index in [1.54, 1.807) is 7.05 Å². The second kappa shape index (κ2) is 6.37. The fourth-order valence-corrected chi connectivity index (χ4v) is 2.64. The largest absolute Gasteiger partial charge is 0.481 e. The summed E-state index contributed by atoms with van der Waals surface area (Å²) in [6, 6.07) is 0. The van der Waals surface area contributed by atoms with Gasteiger partial charge >= 0.3 is 5.97 Å². The third-order valence-corrected chi connectivity index (χ3v) is 4.26. The molecule has 1 aliphatic rings. The van der Waals surface area contributed by atoms with E-state index < -0.39 is 11.5 Å². The van der Waals surface area contributed by atoms with Crippen LogP contribution in [0.3, 0.4) is 0 Å². The number of amides is 1. The summed E-state index contributed by atoms with van der Waals surface area (Å²) < 4.78 is 0. The van der Waals surface area contributed by atoms with Crippen molar-refractivity contribution >= 4 is 11.9 Å². The van der Waals surface area contributed by atoms with E-state index in [2.05, 4.69) is 10.6 Å². The number of carbonyl (C=O) groups excluding carboxylic acids is 1. The van der Waals surface area contributed by atoms with Crippen LogP contribution in [0.25, 0.3) is 0 Å². The number of likely N-dealkylation sites (N-methyl/N-ethyl adjacent to an activating group) is 1. The van der Waals surface area contributed by atoms with Gasteiger partial charge in [-0.05, 0) is 39.2 Å². The van der Waals surface area contributed by atoms with Crippen molar-refractivity contribution in [2.24, 2.45) is 5.41 Å². The van der Waals surface area contributed by atoms with E-state index in [0.29, 0.717) is 6.54 Å². The van der Waals surface area contributed by atoms with Crippen molar-refractivity contribution in [1.82, 2.24) is 10.6 Å². The van der Waals surface area contributed by atoms with Gasteiger partial charge < -0.3 is 15.7 Å². The van der Waals surface area contributed by atoms with Crippen molar-refractivity contribution in [1.29, 1.82) is 0 Å². The minimum Gasteiger partial charge on any atom is -0.481 e. The van der Waals surface area contributed by atoms with Gasteiger partial charge in [0.2, 0.25) is 5.91 Å². The summed E-state index contributed by atoms with van der Waals surface area (Å²) >= 11 is 0. The Bertz CT molecular complexity index is 334. The van der Waals surface area contributed by atoms with E-state index in [9.17, 15) is 9.59 Å². The van der Waals surface area contributed by atoms with Gasteiger partial charge in [-0.15, -0.1) is 0 Å². The molecule has 0 heterocycles. The maximum atomic E-state index is 12.0. The predicted molar refractivity (Wildman–Crippen MR) is 73.9 cm³/mol. The van der Waals surface area contributed by atoms with Crippen molar-refractivity contribution < 1.29 is 14.7 Å². The number of rotatable bonds is 6. The van der Waals surface area contributed by atoms with Gasteiger partial charge in [0.25, 0.3) is 0 Å². The van der Waals surface area contributed by atoms with Crippen LogP contribution in [0.15, 0.2) is 0 Å². The van der Waals surface area contributed by atoms with Crippen molar-refractivity contribution in [2.45, 2.75) is 57.9 Å². The second-order valence-corrected chi connectivity index (χ2v) is 6.19. The van der Waals surface area contributed by atoms with Crippen LogP contribution in [-0.4, -0.2) is 36.1 Å². The van der Waals surface area contributed by atoms with E-state index >= 15 is 0 Å². The summed E-state index contributed by atoms with van der Waals surface area (Å²) in [6.07, 6.45) is 5.20. The Kier molecular flexibility index (Phi) is 5.35. The zero-order valence-electron chi connectivity index (χ0n) is 12.2. The minimum atomic E-state index is -0.774. The number of aliphatic carboxylic acids is 1. The maximum absolute atomic E-state index is 12.0. The summed E-state index contributed by atoms with van der Waals surface area (Å²) in [5.74, 6) is -0.852. The van der Waals surface area contributed by atoms with Crippen LogP contribution < -0.4 is 10.6 Å². The smallest absolute Gasteiger partial charge is 0.303 e. The molecule has 0 unspecified atom stereocenters. The molecule has 0 saturated heterocycles. The molecule has 3 N–H and O–H groups in total. The van der Waals surface area contributed by atoms with E-state index in [1.807, 2.05) is 13.8 Å². The lowest BCUT2D eigenvalue weighted by molar-refractivity contribution is -0.141. The zero-order valence-corrected chi connectivity index (χ0v) is 12.2. The lowest BCUT2D eigenvalue weighted by Crippen LogP contribution is -2.53. The third-order valence-electron chi connectivity index (χ3n) is 4.26. The Balaban J connectivity index is 2.63. The number of carbonyl (C=O) groups is 2. The van der Waals surface area contributed by atoms with E-state index in [4.69, 9.17) is 5.11 Å². The summed E-state index contributed by atoms with van der Waals surface area (Å²) in [5.41, 5.74) is -0.886. The monoisotopic (exact) mass is 270 g/mol. The average Bonchev–Trinajstić information content (AvgIpc) is 2.36. The molecule has 0 aliphatic heterocycles. The minimum absolute atomic E-state index is 0.0784. The normalized spacial score (nSPS) is 18.9. The molecular weight excluding hydrogens is 244 g/mol. The van der Waals surface area contributed by atoms with Crippen LogP contribution in [-0.2, 0) is 9.59 Å². The van der Waals surface area contributed by atoms with E-state index in [-0.39, 0.29) is 17.7 Å². The Morgan fingerprint density at radius 3 is 2.26 bits per heavy atom. The van der Waals surface area contributed by atoms with Gasteiger partial charge in [-0.2, -0.15) is 0 Å². The van der Waals surface area contributed by atoms with Gasteiger partial charge in [0.1, 0.15) is 0 Å².